The van der Waals surface area contributed by atoms with Crippen LogP contribution < -0.4 is 4.72 Å². The standard InChI is InChI=1S/C16H15ClN2O3S/c1-9-7-16(10(2)6-13(9)17)23(20,21)19-12-4-5-15-14(8-12)18-11(3)22-15/h4-8,19H,1-3H3. The van der Waals surface area contributed by atoms with Crippen molar-refractivity contribution in [1.82, 2.24) is 4.98 Å². The number of nitrogens with zero attached hydrogens (tertiary/aromatic N) is 1. The summed E-state index contributed by atoms with van der Waals surface area (Å²) in [6, 6.07) is 8.19. The van der Waals surface area contributed by atoms with Crippen LogP contribution in [0.2, 0.25) is 5.02 Å². The molecule has 3 aromatic rings. The molecule has 1 heterocycles. The Morgan fingerprint density at radius 3 is 2.57 bits per heavy atom. The van der Waals surface area contributed by atoms with Crippen molar-refractivity contribution in [2.75, 3.05) is 4.72 Å². The van der Waals surface area contributed by atoms with Crippen molar-refractivity contribution >= 4 is 38.4 Å². The van der Waals surface area contributed by atoms with Crippen LogP contribution in [0.25, 0.3) is 11.1 Å². The first-order valence-electron chi connectivity index (χ1n) is 6.93. The van der Waals surface area contributed by atoms with Crippen LogP contribution in [-0.2, 0) is 10.0 Å². The van der Waals surface area contributed by atoms with Gasteiger partial charge >= 0.3 is 0 Å². The van der Waals surface area contributed by atoms with E-state index in [-0.39, 0.29) is 4.90 Å². The Morgan fingerprint density at radius 2 is 1.83 bits per heavy atom. The molecular formula is C16H15ClN2O3S. The summed E-state index contributed by atoms with van der Waals surface area (Å²) < 4.78 is 33.2. The van der Waals surface area contributed by atoms with Crippen molar-refractivity contribution in [3.63, 3.8) is 0 Å². The number of rotatable bonds is 3. The molecule has 3 rings (SSSR count). The summed E-state index contributed by atoms with van der Waals surface area (Å²) in [6.45, 7) is 5.22. The van der Waals surface area contributed by atoms with Crippen molar-refractivity contribution in [1.29, 1.82) is 0 Å². The van der Waals surface area contributed by atoms with E-state index in [1.54, 1.807) is 51.1 Å². The molecule has 0 radical (unpaired) electrons. The third-order valence-electron chi connectivity index (χ3n) is 3.49. The SMILES string of the molecule is Cc1nc2cc(NS(=O)(=O)c3cc(C)c(Cl)cc3C)ccc2o1. The quantitative estimate of drug-likeness (QED) is 0.768. The van der Waals surface area contributed by atoms with Gasteiger partial charge in [-0.05, 0) is 55.3 Å². The Labute approximate surface area is 139 Å². The molecule has 0 bridgehead atoms. The predicted molar refractivity (Wildman–Crippen MR) is 90.5 cm³/mol. The van der Waals surface area contributed by atoms with Gasteiger partial charge in [0.15, 0.2) is 11.5 Å². The maximum atomic E-state index is 12.6. The van der Waals surface area contributed by atoms with Gasteiger partial charge in [0.2, 0.25) is 0 Å². The molecule has 5 nitrogen and oxygen atoms in total. The Hall–Kier alpha value is -2.05. The molecule has 23 heavy (non-hydrogen) atoms. The van der Waals surface area contributed by atoms with Crippen LogP contribution in [0.1, 0.15) is 17.0 Å². The minimum absolute atomic E-state index is 0.204. The van der Waals surface area contributed by atoms with Crippen LogP contribution in [0, 0.1) is 20.8 Å². The third kappa shape index (κ3) is 3.04. The summed E-state index contributed by atoms with van der Waals surface area (Å²) in [5.41, 5.74) is 2.94. The number of hydrogen-bond acceptors (Lipinski definition) is 4. The third-order valence-corrected chi connectivity index (χ3v) is 5.42. The van der Waals surface area contributed by atoms with Crippen LogP contribution in [0.4, 0.5) is 5.69 Å². The number of anilines is 1. The van der Waals surface area contributed by atoms with Crippen molar-refractivity contribution in [3.05, 3.63) is 52.4 Å². The fourth-order valence-electron chi connectivity index (χ4n) is 2.36. The topological polar surface area (TPSA) is 72.2 Å². The molecule has 0 spiro atoms. The highest BCUT2D eigenvalue weighted by atomic mass is 35.5. The van der Waals surface area contributed by atoms with Crippen LogP contribution in [0.5, 0.6) is 0 Å². The zero-order chi connectivity index (χ0) is 16.8. The Balaban J connectivity index is 2.01. The van der Waals surface area contributed by atoms with Gasteiger partial charge in [-0.25, -0.2) is 13.4 Å². The molecule has 1 aromatic heterocycles. The molecule has 0 saturated carbocycles. The number of aromatic nitrogens is 1. The lowest BCUT2D eigenvalue weighted by molar-refractivity contribution is 0.561. The van der Waals surface area contributed by atoms with E-state index in [0.29, 0.717) is 38.8 Å². The smallest absolute Gasteiger partial charge is 0.262 e. The van der Waals surface area contributed by atoms with E-state index >= 15 is 0 Å². The van der Waals surface area contributed by atoms with E-state index < -0.39 is 10.0 Å². The minimum atomic E-state index is -3.71. The molecule has 7 heteroatoms. The Bertz CT molecular complexity index is 1010. The average Bonchev–Trinajstić information content (AvgIpc) is 2.81. The molecule has 0 unspecified atom stereocenters. The monoisotopic (exact) mass is 350 g/mol. The number of halogens is 1. The molecule has 0 amide bonds. The summed E-state index contributed by atoms with van der Waals surface area (Å²) in [6.07, 6.45) is 0. The summed E-state index contributed by atoms with van der Waals surface area (Å²) in [4.78, 5) is 4.41. The van der Waals surface area contributed by atoms with E-state index in [1.807, 2.05) is 0 Å². The Morgan fingerprint density at radius 1 is 1.09 bits per heavy atom. The summed E-state index contributed by atoms with van der Waals surface area (Å²) >= 11 is 6.03. The van der Waals surface area contributed by atoms with Crippen molar-refractivity contribution in [3.8, 4) is 0 Å². The summed E-state index contributed by atoms with van der Waals surface area (Å²) in [5, 5.41) is 0.543. The first-order valence-corrected chi connectivity index (χ1v) is 8.79. The highest BCUT2D eigenvalue weighted by molar-refractivity contribution is 7.92. The Kier molecular flexibility index (Phi) is 3.82. The predicted octanol–water partition coefficient (Wildman–Crippen LogP) is 4.21. The summed E-state index contributed by atoms with van der Waals surface area (Å²) in [7, 11) is -3.71. The first-order chi connectivity index (χ1) is 10.8. The summed E-state index contributed by atoms with van der Waals surface area (Å²) in [5.74, 6) is 0.532. The largest absolute Gasteiger partial charge is 0.441 e. The van der Waals surface area contributed by atoms with Crippen molar-refractivity contribution < 1.29 is 12.8 Å². The van der Waals surface area contributed by atoms with E-state index in [4.69, 9.17) is 16.0 Å². The van der Waals surface area contributed by atoms with Gasteiger partial charge in [-0.1, -0.05) is 11.6 Å². The second-order valence-electron chi connectivity index (χ2n) is 5.39. The van der Waals surface area contributed by atoms with Gasteiger partial charge in [0.05, 0.1) is 10.6 Å². The molecule has 120 valence electrons. The van der Waals surface area contributed by atoms with E-state index in [0.717, 1.165) is 0 Å². The van der Waals surface area contributed by atoms with Gasteiger partial charge in [0.25, 0.3) is 10.0 Å². The molecule has 0 aliphatic heterocycles. The number of oxazole rings is 1. The van der Waals surface area contributed by atoms with Gasteiger partial charge in [-0.3, -0.25) is 4.72 Å². The first kappa shape index (κ1) is 15.8. The highest BCUT2D eigenvalue weighted by Gasteiger charge is 2.19. The minimum Gasteiger partial charge on any atom is -0.441 e. The molecule has 2 aromatic carbocycles. The number of nitrogens with one attached hydrogen (secondary N) is 1. The van der Waals surface area contributed by atoms with Crippen LogP contribution in [0.15, 0.2) is 39.6 Å². The van der Waals surface area contributed by atoms with Crippen LogP contribution >= 0.6 is 11.6 Å². The molecule has 0 aliphatic carbocycles. The van der Waals surface area contributed by atoms with Crippen molar-refractivity contribution in [2.24, 2.45) is 0 Å². The van der Waals surface area contributed by atoms with Gasteiger partial charge in [-0.15, -0.1) is 0 Å². The van der Waals surface area contributed by atoms with Crippen LogP contribution in [0.3, 0.4) is 0 Å². The van der Waals surface area contributed by atoms with Gasteiger partial charge in [-0.2, -0.15) is 0 Å². The number of aryl methyl sites for hydroxylation is 3. The maximum absolute atomic E-state index is 12.6. The fourth-order valence-corrected chi connectivity index (χ4v) is 3.94. The highest BCUT2D eigenvalue weighted by Crippen LogP contribution is 2.27. The maximum Gasteiger partial charge on any atom is 0.262 e. The number of sulfonamides is 1. The van der Waals surface area contributed by atoms with E-state index in [9.17, 15) is 8.42 Å². The average molecular weight is 351 g/mol. The molecule has 0 aliphatic rings. The van der Waals surface area contributed by atoms with Gasteiger partial charge in [0, 0.05) is 11.9 Å². The number of benzene rings is 2. The molecule has 0 fully saturated rings. The second-order valence-corrected chi connectivity index (χ2v) is 7.45. The lowest BCUT2D eigenvalue weighted by Crippen LogP contribution is -2.14. The normalized spacial score (nSPS) is 11.8. The zero-order valence-electron chi connectivity index (χ0n) is 12.8. The van der Waals surface area contributed by atoms with E-state index in [2.05, 4.69) is 9.71 Å². The lowest BCUT2D eigenvalue weighted by atomic mass is 10.2. The van der Waals surface area contributed by atoms with Gasteiger partial charge < -0.3 is 4.42 Å². The van der Waals surface area contributed by atoms with Crippen molar-refractivity contribution in [2.45, 2.75) is 25.7 Å². The fraction of sp³-hybridized carbons (Fsp3) is 0.188. The molecule has 1 N–H and O–H groups in total. The number of hydrogen-bond donors (Lipinski definition) is 1. The second kappa shape index (κ2) is 5.54. The van der Waals surface area contributed by atoms with E-state index in [1.165, 1.54) is 0 Å². The van der Waals surface area contributed by atoms with Gasteiger partial charge in [0.1, 0.15) is 5.52 Å². The molecule has 0 atom stereocenters. The molecule has 0 saturated heterocycles. The zero-order valence-corrected chi connectivity index (χ0v) is 14.4. The molecular weight excluding hydrogens is 336 g/mol. The van der Waals surface area contributed by atoms with Crippen LogP contribution in [-0.4, -0.2) is 13.4 Å². The number of fused-ring (bicyclic) bond motifs is 1. The lowest BCUT2D eigenvalue weighted by Gasteiger charge is -2.12.